The molecular weight excluding hydrogens is 396 g/mol. The molecule has 2 aliphatic heterocycles. The number of nitrogens with zero attached hydrogens (tertiary/aromatic N) is 1. The number of carbonyl (C=O) groups is 1. The fraction of sp³-hybridized carbons (Fsp3) is 0.320. The molecule has 3 heterocycles. The van der Waals surface area contributed by atoms with E-state index in [1.165, 1.54) is 16.5 Å². The molecule has 0 spiro atoms. The van der Waals surface area contributed by atoms with Gasteiger partial charge in [0.2, 0.25) is 5.91 Å². The number of para-hydroxylation sites is 1. The molecule has 154 valence electrons. The van der Waals surface area contributed by atoms with Gasteiger partial charge in [-0.3, -0.25) is 4.79 Å². The Bertz CT molecular complexity index is 1110. The minimum atomic E-state index is -0.546. The SMILES string of the molecule is O=C(N1CC=C(c2c[nH]c3ccccc23)CC1)C1(c2cccc(Cl)c2)CCOCC1. The van der Waals surface area contributed by atoms with Crippen LogP contribution in [0.15, 0.2) is 60.8 Å². The molecule has 1 fully saturated rings. The fourth-order valence-electron chi connectivity index (χ4n) is 4.87. The Morgan fingerprint density at radius 3 is 2.70 bits per heavy atom. The van der Waals surface area contributed by atoms with E-state index in [0.29, 0.717) is 37.6 Å². The van der Waals surface area contributed by atoms with Gasteiger partial charge in [-0.15, -0.1) is 0 Å². The van der Waals surface area contributed by atoms with E-state index >= 15 is 0 Å². The lowest BCUT2D eigenvalue weighted by Crippen LogP contribution is -2.51. The van der Waals surface area contributed by atoms with Gasteiger partial charge < -0.3 is 14.6 Å². The number of benzene rings is 2. The molecule has 30 heavy (non-hydrogen) atoms. The normalized spacial score (nSPS) is 19.0. The van der Waals surface area contributed by atoms with Crippen LogP contribution in [0.25, 0.3) is 16.5 Å². The first-order chi connectivity index (χ1) is 14.7. The maximum Gasteiger partial charge on any atom is 0.233 e. The van der Waals surface area contributed by atoms with E-state index in [1.54, 1.807) is 0 Å². The number of rotatable bonds is 3. The van der Waals surface area contributed by atoms with E-state index in [2.05, 4.69) is 35.5 Å². The van der Waals surface area contributed by atoms with Crippen molar-refractivity contribution in [2.75, 3.05) is 26.3 Å². The number of nitrogens with one attached hydrogen (secondary N) is 1. The molecule has 1 amide bonds. The van der Waals surface area contributed by atoms with Gasteiger partial charge in [-0.1, -0.05) is 48.0 Å². The van der Waals surface area contributed by atoms with E-state index in [4.69, 9.17) is 16.3 Å². The summed E-state index contributed by atoms with van der Waals surface area (Å²) in [6.45, 7) is 2.56. The van der Waals surface area contributed by atoms with Gasteiger partial charge in [0.25, 0.3) is 0 Å². The van der Waals surface area contributed by atoms with Crippen LogP contribution in [-0.2, 0) is 14.9 Å². The van der Waals surface area contributed by atoms with Crippen molar-refractivity contribution in [1.82, 2.24) is 9.88 Å². The van der Waals surface area contributed by atoms with Crippen LogP contribution in [-0.4, -0.2) is 42.1 Å². The zero-order valence-corrected chi connectivity index (χ0v) is 17.6. The highest BCUT2D eigenvalue weighted by Gasteiger charge is 2.44. The predicted octanol–water partition coefficient (Wildman–Crippen LogP) is 5.19. The fourth-order valence-corrected chi connectivity index (χ4v) is 5.06. The Labute approximate surface area is 181 Å². The Kier molecular flexibility index (Phi) is 5.13. The average molecular weight is 421 g/mol. The van der Waals surface area contributed by atoms with E-state index < -0.39 is 5.41 Å². The smallest absolute Gasteiger partial charge is 0.233 e. The summed E-state index contributed by atoms with van der Waals surface area (Å²) in [4.78, 5) is 19.1. The van der Waals surface area contributed by atoms with Gasteiger partial charge >= 0.3 is 0 Å². The summed E-state index contributed by atoms with van der Waals surface area (Å²) in [6.07, 6.45) is 6.54. The molecule has 2 aromatic carbocycles. The van der Waals surface area contributed by atoms with Crippen molar-refractivity contribution in [2.24, 2.45) is 0 Å². The third-order valence-corrected chi connectivity index (χ3v) is 6.80. The van der Waals surface area contributed by atoms with Crippen molar-refractivity contribution in [3.8, 4) is 0 Å². The van der Waals surface area contributed by atoms with Crippen molar-refractivity contribution in [2.45, 2.75) is 24.7 Å². The van der Waals surface area contributed by atoms with Crippen LogP contribution in [0.5, 0.6) is 0 Å². The lowest BCUT2D eigenvalue weighted by Gasteiger charge is -2.41. The van der Waals surface area contributed by atoms with Gasteiger partial charge in [0.15, 0.2) is 0 Å². The summed E-state index contributed by atoms with van der Waals surface area (Å²) < 4.78 is 5.60. The zero-order chi connectivity index (χ0) is 20.6. The minimum Gasteiger partial charge on any atom is -0.381 e. The van der Waals surface area contributed by atoms with Gasteiger partial charge in [-0.2, -0.15) is 0 Å². The van der Waals surface area contributed by atoms with Crippen LogP contribution in [0.3, 0.4) is 0 Å². The number of hydrogen-bond acceptors (Lipinski definition) is 2. The highest BCUT2D eigenvalue weighted by Crippen LogP contribution is 2.39. The number of carbonyl (C=O) groups excluding carboxylic acids is 1. The Morgan fingerprint density at radius 1 is 1.10 bits per heavy atom. The van der Waals surface area contributed by atoms with Crippen LogP contribution in [0.2, 0.25) is 5.02 Å². The molecule has 5 rings (SSSR count). The van der Waals surface area contributed by atoms with Gasteiger partial charge in [0.05, 0.1) is 5.41 Å². The molecule has 1 aromatic heterocycles. The molecule has 4 nitrogen and oxygen atoms in total. The van der Waals surface area contributed by atoms with Crippen molar-refractivity contribution in [3.63, 3.8) is 0 Å². The van der Waals surface area contributed by atoms with Crippen LogP contribution < -0.4 is 0 Å². The molecule has 0 aliphatic carbocycles. The molecule has 2 aliphatic rings. The number of H-pyrrole nitrogens is 1. The molecule has 0 unspecified atom stereocenters. The van der Waals surface area contributed by atoms with Crippen LogP contribution in [0, 0.1) is 0 Å². The van der Waals surface area contributed by atoms with Crippen molar-refractivity contribution in [1.29, 1.82) is 0 Å². The molecular formula is C25H25ClN2O2. The van der Waals surface area contributed by atoms with E-state index in [9.17, 15) is 4.79 Å². The quantitative estimate of drug-likeness (QED) is 0.634. The molecule has 1 saturated heterocycles. The maximum absolute atomic E-state index is 13.8. The third kappa shape index (κ3) is 3.34. The number of amides is 1. The van der Waals surface area contributed by atoms with E-state index in [0.717, 1.165) is 24.0 Å². The Morgan fingerprint density at radius 2 is 1.93 bits per heavy atom. The van der Waals surface area contributed by atoms with E-state index in [-0.39, 0.29) is 5.91 Å². The van der Waals surface area contributed by atoms with Crippen LogP contribution >= 0.6 is 11.6 Å². The standard InChI is InChI=1S/C25H25ClN2O2/c26-20-5-3-4-19(16-20)25(10-14-30-15-11-25)24(29)28-12-8-18(9-13-28)22-17-27-23-7-2-1-6-21(22)23/h1-8,16-17,27H,9-15H2. The summed E-state index contributed by atoms with van der Waals surface area (Å²) in [6, 6.07) is 16.1. The number of aromatic nitrogens is 1. The zero-order valence-electron chi connectivity index (χ0n) is 16.9. The first-order valence-electron chi connectivity index (χ1n) is 10.6. The number of hydrogen-bond donors (Lipinski definition) is 1. The summed E-state index contributed by atoms with van der Waals surface area (Å²) in [7, 11) is 0. The summed E-state index contributed by atoms with van der Waals surface area (Å²) in [5, 5.41) is 1.91. The monoisotopic (exact) mass is 420 g/mol. The largest absolute Gasteiger partial charge is 0.381 e. The number of halogens is 1. The lowest BCUT2D eigenvalue weighted by atomic mass is 9.72. The lowest BCUT2D eigenvalue weighted by molar-refractivity contribution is -0.141. The first kappa shape index (κ1) is 19.4. The summed E-state index contributed by atoms with van der Waals surface area (Å²) >= 11 is 6.27. The number of ether oxygens (including phenoxy) is 1. The first-order valence-corrected chi connectivity index (χ1v) is 10.9. The van der Waals surface area contributed by atoms with Gasteiger partial charge in [-0.25, -0.2) is 0 Å². The summed E-state index contributed by atoms with van der Waals surface area (Å²) in [5.74, 6) is 0.197. The van der Waals surface area contributed by atoms with Crippen LogP contribution in [0.1, 0.15) is 30.4 Å². The van der Waals surface area contributed by atoms with Crippen molar-refractivity contribution < 1.29 is 9.53 Å². The van der Waals surface area contributed by atoms with E-state index in [1.807, 2.05) is 35.2 Å². The molecule has 0 radical (unpaired) electrons. The maximum atomic E-state index is 13.8. The second-order valence-corrected chi connectivity index (χ2v) is 8.62. The van der Waals surface area contributed by atoms with Crippen LogP contribution in [0.4, 0.5) is 0 Å². The van der Waals surface area contributed by atoms with Crippen molar-refractivity contribution >= 4 is 34.0 Å². The topological polar surface area (TPSA) is 45.3 Å². The van der Waals surface area contributed by atoms with Crippen molar-refractivity contribution in [3.05, 3.63) is 77.0 Å². The van der Waals surface area contributed by atoms with Gasteiger partial charge in [0.1, 0.15) is 0 Å². The predicted molar refractivity (Wildman–Crippen MR) is 121 cm³/mol. The molecule has 0 saturated carbocycles. The number of aromatic amines is 1. The second-order valence-electron chi connectivity index (χ2n) is 8.18. The van der Waals surface area contributed by atoms with Gasteiger partial charge in [0, 0.05) is 54.0 Å². The summed E-state index contributed by atoms with van der Waals surface area (Å²) in [5.41, 5.74) is 4.16. The third-order valence-electron chi connectivity index (χ3n) is 6.56. The average Bonchev–Trinajstić information content (AvgIpc) is 3.23. The highest BCUT2D eigenvalue weighted by atomic mass is 35.5. The highest BCUT2D eigenvalue weighted by molar-refractivity contribution is 6.30. The second kappa shape index (κ2) is 7.93. The number of fused-ring (bicyclic) bond motifs is 1. The van der Waals surface area contributed by atoms with Gasteiger partial charge in [-0.05, 0) is 48.6 Å². The molecule has 3 aromatic rings. The molecule has 5 heteroatoms. The Hall–Kier alpha value is -2.56. The molecule has 0 atom stereocenters. The Balaban J connectivity index is 1.42. The minimum absolute atomic E-state index is 0.197. The molecule has 0 bridgehead atoms. The molecule has 1 N–H and O–H groups in total.